The molecule has 4 aromatic rings. The van der Waals surface area contributed by atoms with Crippen molar-refractivity contribution in [2.24, 2.45) is 0 Å². The third kappa shape index (κ3) is 6.05. The minimum atomic E-state index is -0.155. The first-order valence-corrected chi connectivity index (χ1v) is 13.1. The van der Waals surface area contributed by atoms with E-state index in [-0.39, 0.29) is 5.91 Å². The standard InChI is InChI=1S/C31H33N3O6/c1-36-24-9-6-22(7-10-24)8-13-29(35)34(21-25-5-4-16-40-25)20-23-19-26-27(37-2)11-12-28(38-3)30(26)32-31(23)33-14-17-39-18-15-33/h4-13,16,19H,14-15,17-18,20-21H2,1-3H3. The number of carbonyl (C=O) groups is 1. The number of rotatable bonds is 10. The Morgan fingerprint density at radius 1 is 0.975 bits per heavy atom. The molecule has 0 saturated carbocycles. The van der Waals surface area contributed by atoms with Crippen LogP contribution in [0.5, 0.6) is 17.2 Å². The number of aromatic nitrogens is 1. The monoisotopic (exact) mass is 543 g/mol. The summed E-state index contributed by atoms with van der Waals surface area (Å²) in [6.07, 6.45) is 4.99. The van der Waals surface area contributed by atoms with E-state index in [4.69, 9.17) is 28.3 Å². The molecular formula is C31H33N3O6. The van der Waals surface area contributed by atoms with Gasteiger partial charge in [-0.3, -0.25) is 4.79 Å². The molecule has 9 nitrogen and oxygen atoms in total. The molecule has 5 rings (SSSR count). The number of morpholine rings is 1. The van der Waals surface area contributed by atoms with Gasteiger partial charge in [0.25, 0.3) is 0 Å². The van der Waals surface area contributed by atoms with Crippen LogP contribution in [0.3, 0.4) is 0 Å². The summed E-state index contributed by atoms with van der Waals surface area (Å²) in [5, 5.41) is 0.813. The van der Waals surface area contributed by atoms with E-state index in [1.807, 2.05) is 54.6 Å². The lowest BCUT2D eigenvalue weighted by Gasteiger charge is -2.31. The van der Waals surface area contributed by atoms with Crippen LogP contribution in [0.25, 0.3) is 17.0 Å². The van der Waals surface area contributed by atoms with E-state index < -0.39 is 0 Å². The van der Waals surface area contributed by atoms with E-state index in [2.05, 4.69) is 4.90 Å². The van der Waals surface area contributed by atoms with Gasteiger partial charge in [0, 0.05) is 30.1 Å². The van der Waals surface area contributed by atoms with Crippen LogP contribution < -0.4 is 19.1 Å². The van der Waals surface area contributed by atoms with Crippen LogP contribution in [0.4, 0.5) is 5.82 Å². The van der Waals surface area contributed by atoms with Gasteiger partial charge in [-0.1, -0.05) is 12.1 Å². The predicted molar refractivity (Wildman–Crippen MR) is 153 cm³/mol. The Morgan fingerprint density at radius 3 is 2.40 bits per heavy atom. The van der Waals surface area contributed by atoms with E-state index in [1.54, 1.807) is 44.6 Å². The molecule has 40 heavy (non-hydrogen) atoms. The van der Waals surface area contributed by atoms with Crippen molar-refractivity contribution in [3.63, 3.8) is 0 Å². The molecular weight excluding hydrogens is 510 g/mol. The molecule has 1 saturated heterocycles. The number of hydrogen-bond donors (Lipinski definition) is 0. The highest BCUT2D eigenvalue weighted by molar-refractivity contribution is 5.93. The highest BCUT2D eigenvalue weighted by atomic mass is 16.5. The van der Waals surface area contributed by atoms with Crippen LogP contribution in [-0.4, -0.2) is 63.4 Å². The summed E-state index contributed by atoms with van der Waals surface area (Å²) < 4.78 is 27.7. The summed E-state index contributed by atoms with van der Waals surface area (Å²) in [4.78, 5) is 22.6. The van der Waals surface area contributed by atoms with Gasteiger partial charge in [-0.15, -0.1) is 0 Å². The van der Waals surface area contributed by atoms with Crippen LogP contribution in [0.1, 0.15) is 16.9 Å². The fourth-order valence-electron chi connectivity index (χ4n) is 4.74. The van der Waals surface area contributed by atoms with Crippen LogP contribution in [0.15, 0.2) is 71.4 Å². The number of furan rings is 1. The molecule has 208 valence electrons. The molecule has 2 aromatic carbocycles. The summed E-state index contributed by atoms with van der Waals surface area (Å²) in [5.74, 6) is 3.42. The summed E-state index contributed by atoms with van der Waals surface area (Å²) >= 11 is 0. The Hall–Kier alpha value is -4.50. The van der Waals surface area contributed by atoms with Crippen molar-refractivity contribution in [1.29, 1.82) is 0 Å². The lowest BCUT2D eigenvalue weighted by molar-refractivity contribution is -0.127. The second-order valence-corrected chi connectivity index (χ2v) is 9.32. The van der Waals surface area contributed by atoms with Gasteiger partial charge in [-0.25, -0.2) is 4.98 Å². The average Bonchev–Trinajstić information content (AvgIpc) is 3.52. The van der Waals surface area contributed by atoms with E-state index in [0.717, 1.165) is 28.1 Å². The van der Waals surface area contributed by atoms with Crippen molar-refractivity contribution in [3.8, 4) is 17.2 Å². The van der Waals surface area contributed by atoms with Crippen LogP contribution >= 0.6 is 0 Å². The number of fused-ring (bicyclic) bond motifs is 1. The molecule has 0 spiro atoms. The fourth-order valence-corrected chi connectivity index (χ4v) is 4.74. The quantitative estimate of drug-likeness (QED) is 0.260. The van der Waals surface area contributed by atoms with Crippen molar-refractivity contribution >= 4 is 28.7 Å². The molecule has 3 heterocycles. The van der Waals surface area contributed by atoms with Gasteiger partial charge in [0.1, 0.15) is 34.3 Å². The van der Waals surface area contributed by atoms with Gasteiger partial charge in [0.2, 0.25) is 5.91 Å². The van der Waals surface area contributed by atoms with Crippen molar-refractivity contribution in [2.45, 2.75) is 13.1 Å². The molecule has 0 radical (unpaired) electrons. The Bertz CT molecular complexity index is 1460. The topological polar surface area (TPSA) is 86.5 Å². The number of pyridine rings is 1. The van der Waals surface area contributed by atoms with Gasteiger partial charge >= 0.3 is 0 Å². The maximum absolute atomic E-state index is 13.6. The van der Waals surface area contributed by atoms with Gasteiger partial charge in [-0.05, 0) is 54.1 Å². The summed E-state index contributed by atoms with van der Waals surface area (Å²) in [6, 6.07) is 17.0. The molecule has 1 aliphatic heterocycles. The van der Waals surface area contributed by atoms with E-state index in [9.17, 15) is 4.79 Å². The first-order valence-electron chi connectivity index (χ1n) is 13.1. The Balaban J connectivity index is 1.54. The normalized spacial score (nSPS) is 13.5. The van der Waals surface area contributed by atoms with Gasteiger partial charge in [-0.2, -0.15) is 0 Å². The smallest absolute Gasteiger partial charge is 0.247 e. The Kier molecular flexibility index (Phi) is 8.51. The minimum absolute atomic E-state index is 0.155. The lowest BCUT2D eigenvalue weighted by atomic mass is 10.1. The van der Waals surface area contributed by atoms with Crippen molar-refractivity contribution < 1.29 is 28.2 Å². The number of methoxy groups -OCH3 is 3. The Labute approximate surface area is 233 Å². The van der Waals surface area contributed by atoms with Gasteiger partial charge < -0.3 is 33.2 Å². The molecule has 0 N–H and O–H groups in total. The summed E-state index contributed by atoms with van der Waals surface area (Å²) in [6.45, 7) is 3.21. The highest BCUT2D eigenvalue weighted by Gasteiger charge is 2.23. The van der Waals surface area contributed by atoms with Crippen LogP contribution in [0.2, 0.25) is 0 Å². The van der Waals surface area contributed by atoms with Crippen LogP contribution in [0, 0.1) is 0 Å². The molecule has 0 atom stereocenters. The van der Waals surface area contributed by atoms with E-state index in [0.29, 0.717) is 62.2 Å². The van der Waals surface area contributed by atoms with Crippen LogP contribution in [-0.2, 0) is 22.6 Å². The van der Waals surface area contributed by atoms with Crippen molar-refractivity contribution in [3.05, 3.63) is 83.8 Å². The number of anilines is 1. The average molecular weight is 544 g/mol. The molecule has 2 aromatic heterocycles. The number of nitrogens with zero attached hydrogens (tertiary/aromatic N) is 3. The van der Waals surface area contributed by atoms with Crippen molar-refractivity contribution in [1.82, 2.24) is 9.88 Å². The third-order valence-electron chi connectivity index (χ3n) is 6.85. The maximum Gasteiger partial charge on any atom is 0.247 e. The molecule has 0 unspecified atom stereocenters. The second-order valence-electron chi connectivity index (χ2n) is 9.32. The van der Waals surface area contributed by atoms with E-state index in [1.165, 1.54) is 0 Å². The number of benzene rings is 2. The third-order valence-corrected chi connectivity index (χ3v) is 6.85. The first kappa shape index (κ1) is 27.1. The second kappa shape index (κ2) is 12.6. The predicted octanol–water partition coefficient (Wildman–Crippen LogP) is 4.93. The summed E-state index contributed by atoms with van der Waals surface area (Å²) in [5.41, 5.74) is 2.49. The molecule has 9 heteroatoms. The molecule has 0 bridgehead atoms. The van der Waals surface area contributed by atoms with Gasteiger partial charge in [0.15, 0.2) is 0 Å². The number of carbonyl (C=O) groups excluding carboxylic acids is 1. The van der Waals surface area contributed by atoms with Crippen molar-refractivity contribution in [2.75, 3.05) is 52.5 Å². The lowest BCUT2D eigenvalue weighted by Crippen LogP contribution is -2.38. The molecule has 0 aliphatic carbocycles. The summed E-state index contributed by atoms with van der Waals surface area (Å²) in [7, 11) is 4.89. The molecule has 1 amide bonds. The maximum atomic E-state index is 13.6. The number of amides is 1. The number of ether oxygens (including phenoxy) is 4. The largest absolute Gasteiger partial charge is 0.497 e. The Morgan fingerprint density at radius 2 is 1.73 bits per heavy atom. The first-order chi connectivity index (χ1) is 19.6. The highest BCUT2D eigenvalue weighted by Crippen LogP contribution is 2.36. The van der Waals surface area contributed by atoms with Gasteiger partial charge in [0.05, 0.1) is 53.9 Å². The fraction of sp³-hybridized carbons (Fsp3) is 0.290. The SMILES string of the molecule is COc1ccc(C=CC(=O)N(Cc2ccco2)Cc2cc3c(OC)ccc(OC)c3nc2N2CCOCC2)cc1. The zero-order chi connectivity index (χ0) is 27.9. The minimum Gasteiger partial charge on any atom is -0.497 e. The number of hydrogen-bond acceptors (Lipinski definition) is 8. The van der Waals surface area contributed by atoms with E-state index >= 15 is 0 Å². The zero-order valence-corrected chi connectivity index (χ0v) is 23.0. The molecule has 1 fully saturated rings. The molecule has 1 aliphatic rings. The zero-order valence-electron chi connectivity index (χ0n) is 23.0.